The molecule has 0 spiro atoms. The zero-order valence-electron chi connectivity index (χ0n) is 11.2. The highest BCUT2D eigenvalue weighted by Gasteiger charge is 2.45. The Kier molecular flexibility index (Phi) is 3.18. The second-order valence-corrected chi connectivity index (χ2v) is 5.11. The van der Waals surface area contributed by atoms with E-state index >= 15 is 0 Å². The first-order valence-electron chi connectivity index (χ1n) is 6.61. The van der Waals surface area contributed by atoms with Crippen molar-refractivity contribution >= 4 is 22.5 Å². The molecule has 0 aliphatic carbocycles. The maximum Gasteiger partial charge on any atom is 0.264 e. The molecule has 1 aliphatic heterocycles. The van der Waals surface area contributed by atoms with Crippen LogP contribution >= 0.6 is 0 Å². The molecule has 21 heavy (non-hydrogen) atoms. The topological polar surface area (TPSA) is 69.0 Å². The summed E-state index contributed by atoms with van der Waals surface area (Å²) in [5, 5.41) is 12.2. The Morgan fingerprint density at radius 2 is 2.29 bits per heavy atom. The first-order chi connectivity index (χ1) is 10.1. The standard InChI is InChI=1S/C15H13FN4O/c16-15(5-6-20(9-15)10-17)14(21)19-12-7-11-3-1-2-4-13(11)18-8-12/h1-4,7-8H,5-6,9H2,(H,19,21). The third kappa shape index (κ3) is 2.50. The van der Waals surface area contributed by atoms with Crippen molar-refractivity contribution in [1.29, 1.82) is 5.26 Å². The average molecular weight is 284 g/mol. The molecule has 1 aromatic carbocycles. The zero-order chi connectivity index (χ0) is 14.9. The van der Waals surface area contributed by atoms with Crippen molar-refractivity contribution in [2.75, 3.05) is 18.4 Å². The number of anilines is 1. The number of nitriles is 1. The van der Waals surface area contributed by atoms with E-state index in [1.165, 1.54) is 11.1 Å². The molecule has 1 saturated heterocycles. The Labute approximate surface area is 121 Å². The summed E-state index contributed by atoms with van der Waals surface area (Å²) in [7, 11) is 0. The molecule has 1 aliphatic rings. The number of pyridine rings is 1. The van der Waals surface area contributed by atoms with E-state index in [2.05, 4.69) is 10.3 Å². The van der Waals surface area contributed by atoms with Gasteiger partial charge in [-0.15, -0.1) is 0 Å². The van der Waals surface area contributed by atoms with Gasteiger partial charge in [0.25, 0.3) is 5.91 Å². The van der Waals surface area contributed by atoms with Crippen LogP contribution in [0.4, 0.5) is 10.1 Å². The summed E-state index contributed by atoms with van der Waals surface area (Å²) in [5.74, 6) is -0.725. The summed E-state index contributed by atoms with van der Waals surface area (Å²) >= 11 is 0. The fourth-order valence-electron chi connectivity index (χ4n) is 2.43. The van der Waals surface area contributed by atoms with Gasteiger partial charge in [-0.05, 0) is 12.1 Å². The molecule has 0 radical (unpaired) electrons. The molecule has 1 N–H and O–H groups in total. The van der Waals surface area contributed by atoms with Crippen molar-refractivity contribution in [3.05, 3.63) is 36.5 Å². The highest BCUT2D eigenvalue weighted by Crippen LogP contribution is 2.27. The molecule has 2 heterocycles. The van der Waals surface area contributed by atoms with Crippen molar-refractivity contribution in [1.82, 2.24) is 9.88 Å². The quantitative estimate of drug-likeness (QED) is 0.857. The number of nitrogens with one attached hydrogen (secondary N) is 1. The van der Waals surface area contributed by atoms with Crippen LogP contribution in [-0.4, -0.2) is 34.5 Å². The van der Waals surface area contributed by atoms with E-state index in [4.69, 9.17) is 5.26 Å². The van der Waals surface area contributed by atoms with Gasteiger partial charge in [-0.2, -0.15) is 5.26 Å². The number of likely N-dealkylation sites (tertiary alicyclic amines) is 1. The number of benzene rings is 1. The monoisotopic (exact) mass is 284 g/mol. The van der Waals surface area contributed by atoms with E-state index in [-0.39, 0.29) is 19.5 Å². The van der Waals surface area contributed by atoms with Gasteiger partial charge in [0.2, 0.25) is 5.67 Å². The van der Waals surface area contributed by atoms with Crippen LogP contribution in [0.1, 0.15) is 6.42 Å². The summed E-state index contributed by atoms with van der Waals surface area (Å²) in [6.07, 6.45) is 3.38. The fourth-order valence-corrected chi connectivity index (χ4v) is 2.43. The van der Waals surface area contributed by atoms with Gasteiger partial charge < -0.3 is 10.2 Å². The van der Waals surface area contributed by atoms with Gasteiger partial charge >= 0.3 is 0 Å². The number of alkyl halides is 1. The predicted octanol–water partition coefficient (Wildman–Crippen LogP) is 2.07. The highest BCUT2D eigenvalue weighted by atomic mass is 19.1. The SMILES string of the molecule is N#CN1CCC(F)(C(=O)Nc2cnc3ccccc3c2)C1. The highest BCUT2D eigenvalue weighted by molar-refractivity contribution is 5.98. The molecule has 1 fully saturated rings. The third-order valence-electron chi connectivity index (χ3n) is 3.62. The predicted molar refractivity (Wildman–Crippen MR) is 76.0 cm³/mol. The number of halogens is 1. The number of rotatable bonds is 2. The molecule has 1 atom stereocenters. The summed E-state index contributed by atoms with van der Waals surface area (Å²) in [5.41, 5.74) is -0.769. The third-order valence-corrected chi connectivity index (χ3v) is 3.62. The maximum atomic E-state index is 14.5. The van der Waals surface area contributed by atoms with Gasteiger partial charge in [-0.1, -0.05) is 18.2 Å². The summed E-state index contributed by atoms with van der Waals surface area (Å²) < 4.78 is 14.5. The number of para-hydroxylation sites is 1. The van der Waals surface area contributed by atoms with E-state index in [0.717, 1.165) is 10.9 Å². The molecule has 1 aromatic heterocycles. The average Bonchev–Trinajstić information content (AvgIpc) is 2.90. The molecule has 0 saturated carbocycles. The van der Waals surface area contributed by atoms with Crippen molar-refractivity contribution in [3.8, 4) is 6.19 Å². The lowest BCUT2D eigenvalue weighted by molar-refractivity contribution is -0.126. The Morgan fingerprint density at radius 1 is 1.48 bits per heavy atom. The van der Waals surface area contributed by atoms with Crippen LogP contribution < -0.4 is 5.32 Å². The van der Waals surface area contributed by atoms with Crippen molar-refractivity contribution in [3.63, 3.8) is 0 Å². The van der Waals surface area contributed by atoms with Crippen molar-refractivity contribution in [2.24, 2.45) is 0 Å². The van der Waals surface area contributed by atoms with E-state index in [1.807, 2.05) is 30.5 Å². The summed E-state index contributed by atoms with van der Waals surface area (Å²) in [6.45, 7) is 0.0622. The number of carbonyl (C=O) groups excluding carboxylic acids is 1. The Morgan fingerprint density at radius 3 is 3.05 bits per heavy atom. The normalized spacial score (nSPS) is 21.2. The van der Waals surface area contributed by atoms with E-state index in [0.29, 0.717) is 5.69 Å². The van der Waals surface area contributed by atoms with Gasteiger partial charge in [0.15, 0.2) is 6.19 Å². The lowest BCUT2D eigenvalue weighted by atomic mass is 10.0. The van der Waals surface area contributed by atoms with Gasteiger partial charge in [-0.25, -0.2) is 4.39 Å². The van der Waals surface area contributed by atoms with Crippen molar-refractivity contribution < 1.29 is 9.18 Å². The molecule has 1 unspecified atom stereocenters. The Hall–Kier alpha value is -2.68. The molecular weight excluding hydrogens is 271 g/mol. The van der Waals surface area contributed by atoms with Crippen LogP contribution in [0.3, 0.4) is 0 Å². The van der Waals surface area contributed by atoms with Crippen LogP contribution in [-0.2, 0) is 4.79 Å². The molecular formula is C15H13FN4O. The number of nitrogens with zero attached hydrogens (tertiary/aromatic N) is 3. The van der Waals surface area contributed by atoms with Crippen LogP contribution in [0, 0.1) is 11.5 Å². The molecule has 3 rings (SSSR count). The van der Waals surface area contributed by atoms with Crippen molar-refractivity contribution in [2.45, 2.75) is 12.1 Å². The fraction of sp³-hybridized carbons (Fsp3) is 0.267. The zero-order valence-corrected chi connectivity index (χ0v) is 11.2. The van der Waals surface area contributed by atoms with Gasteiger partial charge in [0.1, 0.15) is 0 Å². The van der Waals surface area contributed by atoms with Crippen LogP contribution in [0.2, 0.25) is 0 Å². The minimum atomic E-state index is -2.03. The lowest BCUT2D eigenvalue weighted by Crippen LogP contribution is -2.40. The number of fused-ring (bicyclic) bond motifs is 1. The van der Waals surface area contributed by atoms with Crippen LogP contribution in [0.15, 0.2) is 36.5 Å². The first kappa shape index (κ1) is 13.3. The molecule has 0 bridgehead atoms. The molecule has 2 aromatic rings. The Balaban J connectivity index is 1.79. The molecule has 106 valence electrons. The second-order valence-electron chi connectivity index (χ2n) is 5.11. The second kappa shape index (κ2) is 5.02. The first-order valence-corrected chi connectivity index (χ1v) is 6.61. The minimum Gasteiger partial charge on any atom is -0.322 e. The minimum absolute atomic E-state index is 0.0212. The maximum absolute atomic E-state index is 14.5. The number of aromatic nitrogens is 1. The van der Waals surface area contributed by atoms with Gasteiger partial charge in [0, 0.05) is 18.4 Å². The summed E-state index contributed by atoms with van der Waals surface area (Å²) in [4.78, 5) is 17.5. The number of hydrogen-bond donors (Lipinski definition) is 1. The molecule has 5 nitrogen and oxygen atoms in total. The molecule has 1 amide bonds. The number of carbonyl (C=O) groups is 1. The smallest absolute Gasteiger partial charge is 0.264 e. The van der Waals surface area contributed by atoms with Gasteiger partial charge in [-0.3, -0.25) is 9.78 Å². The number of amides is 1. The van der Waals surface area contributed by atoms with E-state index in [9.17, 15) is 9.18 Å². The summed E-state index contributed by atoms with van der Waals surface area (Å²) in [6, 6.07) is 9.23. The lowest BCUT2D eigenvalue weighted by Gasteiger charge is -2.18. The Bertz CT molecular complexity index is 742. The van der Waals surface area contributed by atoms with Gasteiger partial charge in [0.05, 0.1) is 23.9 Å². The number of hydrogen-bond acceptors (Lipinski definition) is 4. The van der Waals surface area contributed by atoms with Crippen LogP contribution in [0.5, 0.6) is 0 Å². The van der Waals surface area contributed by atoms with E-state index in [1.54, 1.807) is 6.07 Å². The van der Waals surface area contributed by atoms with E-state index < -0.39 is 11.6 Å². The molecule has 6 heteroatoms. The van der Waals surface area contributed by atoms with Crippen LogP contribution in [0.25, 0.3) is 10.9 Å². The largest absolute Gasteiger partial charge is 0.322 e.